The predicted octanol–water partition coefficient (Wildman–Crippen LogP) is 6.16. The predicted molar refractivity (Wildman–Crippen MR) is 149 cm³/mol. The van der Waals surface area contributed by atoms with Gasteiger partial charge in [0.15, 0.2) is 11.5 Å². The Morgan fingerprint density at radius 2 is 1.68 bits per heavy atom. The number of carbonyl (C=O) groups is 3. The number of amides is 4. The summed E-state index contributed by atoms with van der Waals surface area (Å²) < 4.78 is 12.3. The van der Waals surface area contributed by atoms with E-state index in [9.17, 15) is 14.4 Å². The first-order chi connectivity index (χ1) is 18.4. The number of methoxy groups -OCH3 is 1. The molecule has 0 saturated carbocycles. The van der Waals surface area contributed by atoms with Crippen LogP contribution < -0.4 is 19.7 Å². The number of imide groups is 2. The minimum Gasteiger partial charge on any atom is -0.493 e. The molecule has 4 aromatic carbocycles. The van der Waals surface area contributed by atoms with Gasteiger partial charge in [-0.15, -0.1) is 0 Å². The van der Waals surface area contributed by atoms with E-state index in [0.29, 0.717) is 33.8 Å². The van der Waals surface area contributed by atoms with Gasteiger partial charge in [0.25, 0.3) is 11.8 Å². The van der Waals surface area contributed by atoms with Gasteiger partial charge in [-0.3, -0.25) is 14.9 Å². The van der Waals surface area contributed by atoms with E-state index in [-0.39, 0.29) is 5.57 Å². The number of hydrogen-bond acceptors (Lipinski definition) is 5. The number of halogens is 1. The van der Waals surface area contributed by atoms with Crippen molar-refractivity contribution in [2.45, 2.75) is 13.5 Å². The van der Waals surface area contributed by atoms with Crippen molar-refractivity contribution in [2.24, 2.45) is 0 Å². The van der Waals surface area contributed by atoms with Crippen molar-refractivity contribution >= 4 is 56.3 Å². The average Bonchev–Trinajstić information content (AvgIpc) is 2.91. The lowest BCUT2D eigenvalue weighted by molar-refractivity contribution is -0.122. The van der Waals surface area contributed by atoms with Gasteiger partial charge in [-0.05, 0) is 75.1 Å². The molecule has 0 spiro atoms. The van der Waals surface area contributed by atoms with Crippen LogP contribution >= 0.6 is 15.9 Å². The van der Waals surface area contributed by atoms with E-state index >= 15 is 0 Å². The smallest absolute Gasteiger partial charge is 0.335 e. The highest BCUT2D eigenvalue weighted by Gasteiger charge is 2.36. The second kappa shape index (κ2) is 10.5. The number of aryl methyl sites for hydroxylation is 1. The van der Waals surface area contributed by atoms with Crippen molar-refractivity contribution in [3.63, 3.8) is 0 Å². The molecule has 1 N–H and O–H groups in total. The molecule has 7 nitrogen and oxygen atoms in total. The number of urea groups is 1. The molecule has 1 saturated heterocycles. The molecule has 1 heterocycles. The van der Waals surface area contributed by atoms with Crippen LogP contribution in [0.4, 0.5) is 10.5 Å². The van der Waals surface area contributed by atoms with Crippen molar-refractivity contribution in [3.05, 3.63) is 106 Å². The van der Waals surface area contributed by atoms with Crippen molar-refractivity contribution in [3.8, 4) is 11.5 Å². The van der Waals surface area contributed by atoms with Gasteiger partial charge >= 0.3 is 6.03 Å². The SMILES string of the molecule is COc1cc(/C=C2/C(=O)NC(=O)N(c3ccc(C)cc3)C2=O)cc(Br)c1OCc1cccc2ccccc12. The van der Waals surface area contributed by atoms with Crippen molar-refractivity contribution in [1.29, 1.82) is 0 Å². The highest BCUT2D eigenvalue weighted by Crippen LogP contribution is 2.38. The number of benzene rings is 4. The fraction of sp³-hybridized carbons (Fsp3) is 0.100. The van der Waals surface area contributed by atoms with Crippen LogP contribution in [0.3, 0.4) is 0 Å². The fourth-order valence-electron chi connectivity index (χ4n) is 4.28. The minimum absolute atomic E-state index is 0.177. The Labute approximate surface area is 227 Å². The molecule has 0 aliphatic carbocycles. The van der Waals surface area contributed by atoms with E-state index in [1.807, 2.05) is 49.4 Å². The first-order valence-corrected chi connectivity index (χ1v) is 12.6. The third-order valence-corrected chi connectivity index (χ3v) is 6.80. The first kappa shape index (κ1) is 25.2. The number of nitrogens with zero attached hydrogens (tertiary/aromatic N) is 1. The van der Waals surface area contributed by atoms with Crippen LogP contribution in [0.2, 0.25) is 0 Å². The van der Waals surface area contributed by atoms with Gasteiger partial charge in [0.1, 0.15) is 12.2 Å². The summed E-state index contributed by atoms with van der Waals surface area (Å²) in [5, 5.41) is 4.46. The van der Waals surface area contributed by atoms with Gasteiger partial charge in [-0.2, -0.15) is 0 Å². The summed E-state index contributed by atoms with van der Waals surface area (Å²) in [6, 6.07) is 23.6. The Kier molecular flexibility index (Phi) is 6.98. The van der Waals surface area contributed by atoms with E-state index in [1.165, 1.54) is 13.2 Å². The summed E-state index contributed by atoms with van der Waals surface area (Å²) in [6.45, 7) is 2.21. The molecule has 5 rings (SSSR count). The highest BCUT2D eigenvalue weighted by molar-refractivity contribution is 9.10. The van der Waals surface area contributed by atoms with Crippen molar-refractivity contribution < 1.29 is 23.9 Å². The lowest BCUT2D eigenvalue weighted by Crippen LogP contribution is -2.54. The van der Waals surface area contributed by atoms with Crippen LogP contribution in [-0.4, -0.2) is 25.0 Å². The second-order valence-corrected chi connectivity index (χ2v) is 9.61. The molecule has 1 aliphatic rings. The first-order valence-electron chi connectivity index (χ1n) is 11.8. The standard InChI is InChI=1S/C30H23BrN2O5/c1-18-10-12-22(13-11-18)33-29(35)24(28(34)32-30(33)36)14-19-15-25(31)27(26(16-19)37-2)38-17-21-8-5-7-20-6-3-4-9-23(20)21/h3-16H,17H2,1-2H3,(H,32,34,36)/b24-14-. The number of nitrogens with one attached hydrogen (secondary N) is 1. The van der Waals surface area contributed by atoms with Gasteiger partial charge < -0.3 is 9.47 Å². The van der Waals surface area contributed by atoms with E-state index in [4.69, 9.17) is 9.47 Å². The average molecular weight is 571 g/mol. The number of anilines is 1. The number of barbiturate groups is 1. The van der Waals surface area contributed by atoms with Crippen LogP contribution in [0, 0.1) is 6.92 Å². The van der Waals surface area contributed by atoms with Crippen LogP contribution in [-0.2, 0) is 16.2 Å². The van der Waals surface area contributed by atoms with Crippen LogP contribution in [0.25, 0.3) is 16.8 Å². The molecular weight excluding hydrogens is 548 g/mol. The Bertz CT molecular complexity index is 1610. The molecule has 0 atom stereocenters. The third kappa shape index (κ3) is 4.90. The quantitative estimate of drug-likeness (QED) is 0.221. The van der Waals surface area contributed by atoms with Crippen LogP contribution in [0.1, 0.15) is 16.7 Å². The second-order valence-electron chi connectivity index (χ2n) is 8.75. The monoisotopic (exact) mass is 570 g/mol. The number of rotatable bonds is 6. The Morgan fingerprint density at radius 1 is 0.947 bits per heavy atom. The molecule has 0 bridgehead atoms. The summed E-state index contributed by atoms with van der Waals surface area (Å²) >= 11 is 3.54. The van der Waals surface area contributed by atoms with Crippen molar-refractivity contribution in [1.82, 2.24) is 5.32 Å². The highest BCUT2D eigenvalue weighted by atomic mass is 79.9. The maximum atomic E-state index is 13.2. The largest absolute Gasteiger partial charge is 0.493 e. The Balaban J connectivity index is 1.44. The summed E-state index contributed by atoms with van der Waals surface area (Å²) in [7, 11) is 1.51. The van der Waals surface area contributed by atoms with E-state index in [0.717, 1.165) is 26.8 Å². The molecule has 0 unspecified atom stereocenters. The van der Waals surface area contributed by atoms with Gasteiger partial charge in [0.05, 0.1) is 17.3 Å². The number of ether oxygens (including phenoxy) is 2. The zero-order valence-electron chi connectivity index (χ0n) is 20.7. The molecule has 0 radical (unpaired) electrons. The summed E-state index contributed by atoms with van der Waals surface area (Å²) in [5.41, 5.74) is 2.71. The van der Waals surface area contributed by atoms with E-state index < -0.39 is 17.8 Å². The normalized spacial score (nSPS) is 14.7. The molecule has 4 aromatic rings. The molecule has 4 amide bonds. The van der Waals surface area contributed by atoms with E-state index in [2.05, 4.69) is 21.2 Å². The molecule has 1 aliphatic heterocycles. The molecule has 0 aromatic heterocycles. The maximum Gasteiger partial charge on any atom is 0.335 e. The van der Waals surface area contributed by atoms with Gasteiger partial charge in [-0.1, -0.05) is 60.2 Å². The fourth-order valence-corrected chi connectivity index (χ4v) is 4.86. The topological polar surface area (TPSA) is 84.9 Å². The number of carbonyl (C=O) groups excluding carboxylic acids is 3. The third-order valence-electron chi connectivity index (χ3n) is 6.21. The zero-order valence-corrected chi connectivity index (χ0v) is 22.2. The summed E-state index contributed by atoms with van der Waals surface area (Å²) in [5.74, 6) is -0.580. The lowest BCUT2D eigenvalue weighted by atomic mass is 10.1. The Morgan fingerprint density at radius 3 is 2.45 bits per heavy atom. The van der Waals surface area contributed by atoms with Gasteiger partial charge in [0.2, 0.25) is 0 Å². The number of hydrogen-bond donors (Lipinski definition) is 1. The van der Waals surface area contributed by atoms with Crippen LogP contribution in [0.15, 0.2) is 88.9 Å². The maximum absolute atomic E-state index is 13.2. The number of fused-ring (bicyclic) bond motifs is 1. The van der Waals surface area contributed by atoms with Gasteiger partial charge in [-0.25, -0.2) is 9.69 Å². The van der Waals surface area contributed by atoms with E-state index in [1.54, 1.807) is 36.4 Å². The molecule has 38 heavy (non-hydrogen) atoms. The molecule has 190 valence electrons. The van der Waals surface area contributed by atoms with Gasteiger partial charge in [0, 0.05) is 0 Å². The molecule has 1 fully saturated rings. The summed E-state index contributed by atoms with van der Waals surface area (Å²) in [6.07, 6.45) is 1.42. The van der Waals surface area contributed by atoms with Crippen LogP contribution in [0.5, 0.6) is 11.5 Å². The Hall–Kier alpha value is -4.43. The minimum atomic E-state index is -0.794. The molecular formula is C30H23BrN2O5. The van der Waals surface area contributed by atoms with Crippen molar-refractivity contribution in [2.75, 3.05) is 12.0 Å². The lowest BCUT2D eigenvalue weighted by Gasteiger charge is -2.26. The zero-order chi connectivity index (χ0) is 26.8. The molecule has 8 heteroatoms. The summed E-state index contributed by atoms with van der Waals surface area (Å²) in [4.78, 5) is 39.2.